The molecule has 0 bridgehead atoms. The van der Waals surface area contributed by atoms with Crippen molar-refractivity contribution in [2.45, 2.75) is 55.7 Å². The van der Waals surface area contributed by atoms with Crippen LogP contribution in [0.3, 0.4) is 0 Å². The van der Waals surface area contributed by atoms with E-state index in [2.05, 4.69) is 36.3 Å². The first-order chi connectivity index (χ1) is 9.35. The highest BCUT2D eigenvalue weighted by Crippen LogP contribution is 2.31. The van der Waals surface area contributed by atoms with E-state index in [1.165, 1.54) is 23.1 Å². The molecule has 0 spiro atoms. The van der Waals surface area contributed by atoms with Crippen molar-refractivity contribution in [1.82, 2.24) is 15.1 Å². The molecule has 1 fully saturated rings. The van der Waals surface area contributed by atoms with Crippen molar-refractivity contribution in [1.29, 1.82) is 0 Å². The van der Waals surface area contributed by atoms with Gasteiger partial charge in [-0.25, -0.2) is 0 Å². The Kier molecular flexibility index (Phi) is 4.90. The van der Waals surface area contributed by atoms with E-state index >= 15 is 0 Å². The minimum atomic E-state index is -0.0939. The fraction of sp³-hybridized carbons (Fsp3) is 0.769. The molecule has 1 atom stereocenters. The minimum Gasteiger partial charge on any atom is -0.355 e. The maximum Gasteiger partial charge on any atom is 0.235 e. The molecule has 1 aromatic rings. The Morgan fingerprint density at radius 1 is 1.35 bits per heavy atom. The van der Waals surface area contributed by atoms with Crippen molar-refractivity contribution < 1.29 is 4.79 Å². The maximum absolute atomic E-state index is 12.2. The van der Waals surface area contributed by atoms with Gasteiger partial charge in [-0.1, -0.05) is 23.1 Å². The van der Waals surface area contributed by atoms with Gasteiger partial charge in [0.2, 0.25) is 11.0 Å². The number of nitrogens with zero attached hydrogens (tertiary/aromatic N) is 3. The second kappa shape index (κ2) is 6.30. The number of carbonyl (C=O) groups excluding carboxylic acids is 1. The van der Waals surface area contributed by atoms with Crippen LogP contribution in [-0.4, -0.2) is 44.9 Å². The molecular weight excluding hydrogens is 292 g/mol. The van der Waals surface area contributed by atoms with E-state index in [4.69, 9.17) is 0 Å². The molecule has 1 aliphatic heterocycles. The molecule has 2 rings (SSSR count). The number of anilines is 1. The molecule has 0 saturated carbocycles. The number of hydrogen-bond acceptors (Lipinski definition) is 6. The molecule has 0 aromatic carbocycles. The van der Waals surface area contributed by atoms with Crippen LogP contribution in [0.2, 0.25) is 0 Å². The van der Waals surface area contributed by atoms with Gasteiger partial charge in [-0.15, -0.1) is 10.2 Å². The zero-order chi connectivity index (χ0) is 14.8. The molecule has 7 heteroatoms. The van der Waals surface area contributed by atoms with Crippen LogP contribution >= 0.6 is 23.1 Å². The highest BCUT2D eigenvalue weighted by Gasteiger charge is 2.25. The summed E-state index contributed by atoms with van der Waals surface area (Å²) in [6, 6.07) is 0. The van der Waals surface area contributed by atoms with Gasteiger partial charge in [0.05, 0.1) is 5.25 Å². The molecule has 2 heterocycles. The number of amides is 1. The Morgan fingerprint density at radius 3 is 2.60 bits per heavy atom. The average Bonchev–Trinajstić information content (AvgIpc) is 2.97. The van der Waals surface area contributed by atoms with Gasteiger partial charge in [0.15, 0.2) is 4.34 Å². The molecule has 1 aliphatic rings. The molecule has 1 N–H and O–H groups in total. The monoisotopic (exact) mass is 314 g/mol. The standard InChI is InChI=1S/C13H22N4OS2/c1-9(10(18)17-7-5-6-8-17)19-12-16-15-11(20-12)14-13(2,3)4/h9H,5-8H2,1-4H3,(H,14,15). The predicted molar refractivity (Wildman–Crippen MR) is 84.4 cm³/mol. The van der Waals surface area contributed by atoms with Gasteiger partial charge >= 0.3 is 0 Å². The molecule has 5 nitrogen and oxygen atoms in total. The number of aromatic nitrogens is 2. The summed E-state index contributed by atoms with van der Waals surface area (Å²) in [5.74, 6) is 0.216. The summed E-state index contributed by atoms with van der Waals surface area (Å²) >= 11 is 3.01. The highest BCUT2D eigenvalue weighted by atomic mass is 32.2. The topological polar surface area (TPSA) is 58.1 Å². The molecule has 1 aromatic heterocycles. The van der Waals surface area contributed by atoms with E-state index in [-0.39, 0.29) is 16.7 Å². The Labute approximate surface area is 128 Å². The van der Waals surface area contributed by atoms with Gasteiger partial charge in [-0.2, -0.15) is 0 Å². The molecule has 1 unspecified atom stereocenters. The maximum atomic E-state index is 12.2. The molecule has 0 aliphatic carbocycles. The largest absolute Gasteiger partial charge is 0.355 e. The second-order valence-electron chi connectivity index (χ2n) is 6.04. The van der Waals surface area contributed by atoms with Crippen molar-refractivity contribution in [3.05, 3.63) is 0 Å². The van der Waals surface area contributed by atoms with Crippen LogP contribution in [-0.2, 0) is 4.79 Å². The molecule has 112 valence electrons. The summed E-state index contributed by atoms with van der Waals surface area (Å²) in [5.41, 5.74) is -0.0293. The number of carbonyl (C=O) groups is 1. The van der Waals surface area contributed by atoms with E-state index in [0.29, 0.717) is 0 Å². The fourth-order valence-corrected chi connectivity index (χ4v) is 4.21. The number of rotatable bonds is 4. The van der Waals surface area contributed by atoms with Crippen LogP contribution in [0.25, 0.3) is 0 Å². The first kappa shape index (κ1) is 15.6. The van der Waals surface area contributed by atoms with E-state index in [1.807, 2.05) is 11.8 Å². The number of thioether (sulfide) groups is 1. The summed E-state index contributed by atoms with van der Waals surface area (Å²) in [6.07, 6.45) is 2.25. The van der Waals surface area contributed by atoms with Gasteiger partial charge < -0.3 is 10.2 Å². The minimum absolute atomic E-state index is 0.0293. The zero-order valence-corrected chi connectivity index (χ0v) is 14.1. The lowest BCUT2D eigenvalue weighted by molar-refractivity contribution is -0.129. The fourth-order valence-electron chi connectivity index (χ4n) is 2.02. The third kappa shape index (κ3) is 4.34. The van der Waals surface area contributed by atoms with Crippen LogP contribution in [0.1, 0.15) is 40.5 Å². The van der Waals surface area contributed by atoms with E-state index in [1.54, 1.807) is 0 Å². The predicted octanol–water partition coefficient (Wildman–Crippen LogP) is 2.85. The van der Waals surface area contributed by atoms with E-state index < -0.39 is 0 Å². The van der Waals surface area contributed by atoms with Crippen molar-refractivity contribution in [3.63, 3.8) is 0 Å². The third-order valence-electron chi connectivity index (χ3n) is 2.93. The smallest absolute Gasteiger partial charge is 0.235 e. The van der Waals surface area contributed by atoms with Crippen LogP contribution in [0.4, 0.5) is 5.13 Å². The van der Waals surface area contributed by atoms with Crippen molar-refractivity contribution >= 4 is 34.1 Å². The lowest BCUT2D eigenvalue weighted by atomic mass is 10.1. The first-order valence-corrected chi connectivity index (χ1v) is 8.62. The van der Waals surface area contributed by atoms with Crippen LogP contribution in [0.5, 0.6) is 0 Å². The Morgan fingerprint density at radius 2 is 2.00 bits per heavy atom. The Hall–Kier alpha value is -0.820. The number of nitrogens with one attached hydrogen (secondary N) is 1. The van der Waals surface area contributed by atoms with Crippen molar-refractivity contribution in [2.75, 3.05) is 18.4 Å². The summed E-state index contributed by atoms with van der Waals surface area (Å²) in [6.45, 7) is 10.00. The van der Waals surface area contributed by atoms with Crippen molar-refractivity contribution in [2.24, 2.45) is 0 Å². The van der Waals surface area contributed by atoms with Gasteiger partial charge in [-0.3, -0.25) is 4.79 Å². The van der Waals surface area contributed by atoms with Crippen LogP contribution in [0.15, 0.2) is 4.34 Å². The zero-order valence-electron chi connectivity index (χ0n) is 12.5. The second-order valence-corrected chi connectivity index (χ2v) is 8.61. The summed E-state index contributed by atoms with van der Waals surface area (Å²) < 4.78 is 0.844. The number of likely N-dealkylation sites (tertiary alicyclic amines) is 1. The summed E-state index contributed by atoms with van der Waals surface area (Å²) in [4.78, 5) is 14.2. The number of hydrogen-bond donors (Lipinski definition) is 1. The van der Waals surface area contributed by atoms with Gasteiger partial charge in [0.1, 0.15) is 0 Å². The third-order valence-corrected chi connectivity index (χ3v) is 4.94. The van der Waals surface area contributed by atoms with Crippen LogP contribution in [0, 0.1) is 0 Å². The quantitative estimate of drug-likeness (QED) is 0.866. The van der Waals surface area contributed by atoms with E-state index in [9.17, 15) is 4.79 Å². The van der Waals surface area contributed by atoms with Gasteiger partial charge in [-0.05, 0) is 40.5 Å². The summed E-state index contributed by atoms with van der Waals surface area (Å²) in [7, 11) is 0. The molecule has 1 saturated heterocycles. The Balaban J connectivity index is 1.91. The highest BCUT2D eigenvalue weighted by molar-refractivity contribution is 8.02. The summed E-state index contributed by atoms with van der Waals surface area (Å²) in [5, 5.41) is 12.3. The molecule has 0 radical (unpaired) electrons. The van der Waals surface area contributed by atoms with E-state index in [0.717, 1.165) is 35.4 Å². The van der Waals surface area contributed by atoms with Gasteiger partial charge in [0, 0.05) is 18.6 Å². The Bertz CT molecular complexity index is 463. The average molecular weight is 314 g/mol. The van der Waals surface area contributed by atoms with Gasteiger partial charge in [0.25, 0.3) is 0 Å². The first-order valence-electron chi connectivity index (χ1n) is 6.92. The van der Waals surface area contributed by atoms with Crippen LogP contribution < -0.4 is 5.32 Å². The normalized spacial score (nSPS) is 17.3. The lowest BCUT2D eigenvalue weighted by Crippen LogP contribution is -2.33. The molecular formula is C13H22N4OS2. The SMILES string of the molecule is CC(Sc1nnc(NC(C)(C)C)s1)C(=O)N1CCCC1. The van der Waals surface area contributed by atoms with Crippen molar-refractivity contribution in [3.8, 4) is 0 Å². The molecule has 20 heavy (non-hydrogen) atoms. The molecule has 1 amide bonds. The lowest BCUT2D eigenvalue weighted by Gasteiger charge is -2.19.